The molecule has 0 saturated carbocycles. The second-order valence-electron chi connectivity index (χ2n) is 5.24. The summed E-state index contributed by atoms with van der Waals surface area (Å²) in [6, 6.07) is 9.12. The van der Waals surface area contributed by atoms with E-state index in [2.05, 4.69) is 55.3 Å². The Balaban J connectivity index is 1.92. The number of nitrogens with zero attached hydrogens (tertiary/aromatic N) is 1. The van der Waals surface area contributed by atoms with E-state index in [-0.39, 0.29) is 0 Å². The van der Waals surface area contributed by atoms with E-state index in [9.17, 15) is 0 Å². The van der Waals surface area contributed by atoms with E-state index in [0.717, 1.165) is 30.8 Å². The first kappa shape index (κ1) is 13.8. The SMILES string of the molecule is Cc1ccc(CCc2ocnc2CNC(C)C)cc1. The van der Waals surface area contributed by atoms with Crippen LogP contribution >= 0.6 is 0 Å². The molecule has 1 N–H and O–H groups in total. The van der Waals surface area contributed by atoms with Gasteiger partial charge in [0.25, 0.3) is 0 Å². The summed E-state index contributed by atoms with van der Waals surface area (Å²) in [6.45, 7) is 7.14. The zero-order valence-electron chi connectivity index (χ0n) is 11.9. The predicted octanol–water partition coefficient (Wildman–Crippen LogP) is 3.27. The molecular weight excluding hydrogens is 236 g/mol. The van der Waals surface area contributed by atoms with E-state index in [4.69, 9.17) is 4.42 Å². The average molecular weight is 258 g/mol. The third kappa shape index (κ3) is 4.21. The molecule has 1 aromatic heterocycles. The van der Waals surface area contributed by atoms with Crippen molar-refractivity contribution in [3.05, 3.63) is 53.2 Å². The summed E-state index contributed by atoms with van der Waals surface area (Å²) >= 11 is 0. The molecule has 3 heteroatoms. The van der Waals surface area contributed by atoms with Crippen LogP contribution < -0.4 is 5.32 Å². The summed E-state index contributed by atoms with van der Waals surface area (Å²) in [5.41, 5.74) is 3.66. The van der Waals surface area contributed by atoms with Crippen LogP contribution in [0.2, 0.25) is 0 Å². The lowest BCUT2D eigenvalue weighted by Gasteiger charge is -2.07. The van der Waals surface area contributed by atoms with Gasteiger partial charge in [-0.05, 0) is 18.9 Å². The standard InChI is InChI=1S/C16H22N2O/c1-12(2)17-10-15-16(19-11-18-15)9-8-14-6-4-13(3)5-7-14/h4-7,11-12,17H,8-10H2,1-3H3. The maximum atomic E-state index is 5.49. The first-order valence-electron chi connectivity index (χ1n) is 6.85. The van der Waals surface area contributed by atoms with Crippen LogP contribution in [0.3, 0.4) is 0 Å². The highest BCUT2D eigenvalue weighted by atomic mass is 16.3. The lowest BCUT2D eigenvalue weighted by Crippen LogP contribution is -2.22. The van der Waals surface area contributed by atoms with Gasteiger partial charge in [0, 0.05) is 19.0 Å². The smallest absolute Gasteiger partial charge is 0.181 e. The minimum atomic E-state index is 0.460. The van der Waals surface area contributed by atoms with Gasteiger partial charge in [0.1, 0.15) is 5.76 Å². The number of nitrogens with one attached hydrogen (secondary N) is 1. The molecule has 1 aromatic carbocycles. The van der Waals surface area contributed by atoms with Gasteiger partial charge in [-0.1, -0.05) is 43.7 Å². The molecule has 0 atom stereocenters. The van der Waals surface area contributed by atoms with Crippen LogP contribution in [-0.2, 0) is 19.4 Å². The zero-order chi connectivity index (χ0) is 13.7. The number of aryl methyl sites for hydroxylation is 3. The molecule has 0 aliphatic carbocycles. The van der Waals surface area contributed by atoms with E-state index in [0.29, 0.717) is 6.04 Å². The fraction of sp³-hybridized carbons (Fsp3) is 0.438. The summed E-state index contributed by atoms with van der Waals surface area (Å²) in [4.78, 5) is 4.29. The number of hydrogen-bond acceptors (Lipinski definition) is 3. The Morgan fingerprint density at radius 1 is 1.16 bits per heavy atom. The maximum absolute atomic E-state index is 5.49. The molecular formula is C16H22N2O. The van der Waals surface area contributed by atoms with Crippen molar-refractivity contribution in [2.24, 2.45) is 0 Å². The van der Waals surface area contributed by atoms with E-state index in [1.54, 1.807) is 6.39 Å². The quantitative estimate of drug-likeness (QED) is 0.864. The molecule has 0 bridgehead atoms. The van der Waals surface area contributed by atoms with Crippen LogP contribution in [-0.4, -0.2) is 11.0 Å². The maximum Gasteiger partial charge on any atom is 0.181 e. The van der Waals surface area contributed by atoms with Gasteiger partial charge in [-0.3, -0.25) is 0 Å². The van der Waals surface area contributed by atoms with Gasteiger partial charge in [-0.25, -0.2) is 4.98 Å². The van der Waals surface area contributed by atoms with Crippen molar-refractivity contribution < 1.29 is 4.42 Å². The minimum absolute atomic E-state index is 0.460. The van der Waals surface area contributed by atoms with Gasteiger partial charge in [-0.2, -0.15) is 0 Å². The largest absolute Gasteiger partial charge is 0.448 e. The Morgan fingerprint density at radius 3 is 2.58 bits per heavy atom. The summed E-state index contributed by atoms with van der Waals surface area (Å²) in [5, 5.41) is 3.37. The third-order valence-corrected chi connectivity index (χ3v) is 3.16. The normalized spacial score (nSPS) is 11.2. The van der Waals surface area contributed by atoms with Crippen LogP contribution in [0.25, 0.3) is 0 Å². The first-order chi connectivity index (χ1) is 9.15. The molecule has 2 rings (SSSR count). The molecule has 0 unspecified atom stereocenters. The Labute approximate surface area is 115 Å². The molecule has 0 aliphatic heterocycles. The monoisotopic (exact) mass is 258 g/mol. The van der Waals surface area contributed by atoms with Crippen molar-refractivity contribution in [3.8, 4) is 0 Å². The van der Waals surface area contributed by atoms with E-state index in [1.165, 1.54) is 11.1 Å². The highest BCUT2D eigenvalue weighted by Gasteiger charge is 2.08. The van der Waals surface area contributed by atoms with Gasteiger partial charge < -0.3 is 9.73 Å². The Morgan fingerprint density at radius 2 is 1.89 bits per heavy atom. The van der Waals surface area contributed by atoms with Crippen LogP contribution in [0, 0.1) is 6.92 Å². The fourth-order valence-electron chi connectivity index (χ4n) is 1.95. The van der Waals surface area contributed by atoms with Crippen molar-refractivity contribution >= 4 is 0 Å². The topological polar surface area (TPSA) is 38.1 Å². The molecule has 0 spiro atoms. The number of oxazole rings is 1. The predicted molar refractivity (Wildman–Crippen MR) is 77.1 cm³/mol. The molecule has 0 amide bonds. The van der Waals surface area contributed by atoms with Crippen molar-refractivity contribution in [2.75, 3.05) is 0 Å². The van der Waals surface area contributed by atoms with Crippen LogP contribution in [0.15, 0.2) is 35.1 Å². The lowest BCUT2D eigenvalue weighted by atomic mass is 10.1. The first-order valence-corrected chi connectivity index (χ1v) is 6.85. The summed E-state index contributed by atoms with van der Waals surface area (Å²) < 4.78 is 5.49. The number of hydrogen-bond donors (Lipinski definition) is 1. The highest BCUT2D eigenvalue weighted by Crippen LogP contribution is 2.12. The Kier molecular flexibility index (Phi) is 4.74. The van der Waals surface area contributed by atoms with Crippen LogP contribution in [0.4, 0.5) is 0 Å². The van der Waals surface area contributed by atoms with Crippen LogP contribution in [0.1, 0.15) is 36.4 Å². The lowest BCUT2D eigenvalue weighted by molar-refractivity contribution is 0.494. The Bertz CT molecular complexity index is 500. The van der Waals surface area contributed by atoms with Crippen molar-refractivity contribution in [1.82, 2.24) is 10.3 Å². The molecule has 19 heavy (non-hydrogen) atoms. The van der Waals surface area contributed by atoms with Gasteiger partial charge in [0.15, 0.2) is 6.39 Å². The molecule has 2 aromatic rings. The molecule has 0 radical (unpaired) electrons. The number of rotatable bonds is 6. The highest BCUT2D eigenvalue weighted by molar-refractivity contribution is 5.22. The van der Waals surface area contributed by atoms with Gasteiger partial charge >= 0.3 is 0 Å². The molecule has 0 saturated heterocycles. The fourth-order valence-corrected chi connectivity index (χ4v) is 1.95. The van der Waals surface area contributed by atoms with Crippen molar-refractivity contribution in [3.63, 3.8) is 0 Å². The third-order valence-electron chi connectivity index (χ3n) is 3.16. The molecule has 1 heterocycles. The minimum Gasteiger partial charge on any atom is -0.448 e. The summed E-state index contributed by atoms with van der Waals surface area (Å²) in [5.74, 6) is 0.994. The molecule has 102 valence electrons. The van der Waals surface area contributed by atoms with E-state index >= 15 is 0 Å². The van der Waals surface area contributed by atoms with Crippen LogP contribution in [0.5, 0.6) is 0 Å². The van der Waals surface area contributed by atoms with E-state index in [1.807, 2.05) is 0 Å². The molecule has 3 nitrogen and oxygen atoms in total. The van der Waals surface area contributed by atoms with Gasteiger partial charge in [0.2, 0.25) is 0 Å². The Hall–Kier alpha value is -1.61. The molecule has 0 fully saturated rings. The van der Waals surface area contributed by atoms with Crippen molar-refractivity contribution in [2.45, 2.75) is 46.2 Å². The second-order valence-corrected chi connectivity index (χ2v) is 5.24. The van der Waals surface area contributed by atoms with E-state index < -0.39 is 0 Å². The zero-order valence-corrected chi connectivity index (χ0v) is 11.9. The number of benzene rings is 1. The van der Waals surface area contributed by atoms with Crippen molar-refractivity contribution in [1.29, 1.82) is 0 Å². The molecule has 0 aliphatic rings. The second kappa shape index (κ2) is 6.53. The summed E-state index contributed by atoms with van der Waals surface area (Å²) in [6.07, 6.45) is 3.43. The number of aromatic nitrogens is 1. The average Bonchev–Trinajstić information content (AvgIpc) is 2.83. The van der Waals surface area contributed by atoms with Gasteiger partial charge in [-0.15, -0.1) is 0 Å². The van der Waals surface area contributed by atoms with Gasteiger partial charge in [0.05, 0.1) is 5.69 Å². The summed E-state index contributed by atoms with van der Waals surface area (Å²) in [7, 11) is 0.